The van der Waals surface area contributed by atoms with Crippen molar-refractivity contribution in [3.63, 3.8) is 0 Å². The van der Waals surface area contributed by atoms with Crippen molar-refractivity contribution in [1.29, 1.82) is 0 Å². The molecule has 3 N–H and O–H groups in total. The van der Waals surface area contributed by atoms with Gasteiger partial charge in [-0.2, -0.15) is 11.8 Å². The predicted molar refractivity (Wildman–Crippen MR) is 116 cm³/mol. The van der Waals surface area contributed by atoms with E-state index in [9.17, 15) is 10.1 Å². The summed E-state index contributed by atoms with van der Waals surface area (Å²) in [4.78, 5) is 15.2. The molecule has 1 aliphatic heterocycles. The molecule has 0 spiro atoms. The molecule has 2 rings (SSSR count). The van der Waals surface area contributed by atoms with Crippen LogP contribution in [0.1, 0.15) is 19.8 Å². The second-order valence-electron chi connectivity index (χ2n) is 5.48. The summed E-state index contributed by atoms with van der Waals surface area (Å²) in [5.41, 5.74) is 0.630. The first-order chi connectivity index (χ1) is 11.7. The lowest BCUT2D eigenvalue weighted by Crippen LogP contribution is -2.40. The number of benzene rings is 1. The van der Waals surface area contributed by atoms with E-state index in [1.54, 1.807) is 18.2 Å². The third-order valence-corrected chi connectivity index (χ3v) is 5.04. The molecule has 0 aliphatic carbocycles. The molecule has 0 amide bonds. The summed E-state index contributed by atoms with van der Waals surface area (Å²) in [6, 6.07) is 6.67. The van der Waals surface area contributed by atoms with Crippen LogP contribution < -0.4 is 16.0 Å². The van der Waals surface area contributed by atoms with Gasteiger partial charge in [0.25, 0.3) is 5.69 Å². The number of nitro benzene ring substituents is 1. The lowest BCUT2D eigenvalue weighted by atomic mass is 10.2. The van der Waals surface area contributed by atoms with E-state index in [4.69, 9.17) is 0 Å². The molecule has 1 atom stereocenters. The SMILES string of the molecule is CCNC(=NCC1CCCS1)NCCNc1ccccc1[N+](=O)[O-].I. The lowest BCUT2D eigenvalue weighted by molar-refractivity contribution is -0.384. The Kier molecular flexibility index (Phi) is 10.6. The van der Waals surface area contributed by atoms with Crippen LogP contribution >= 0.6 is 35.7 Å². The summed E-state index contributed by atoms with van der Waals surface area (Å²) in [7, 11) is 0. The molecule has 1 aromatic rings. The van der Waals surface area contributed by atoms with Gasteiger partial charge in [-0.1, -0.05) is 12.1 Å². The maximum atomic E-state index is 11.0. The van der Waals surface area contributed by atoms with E-state index >= 15 is 0 Å². The smallest absolute Gasteiger partial charge is 0.292 e. The van der Waals surface area contributed by atoms with E-state index in [0.717, 1.165) is 19.0 Å². The van der Waals surface area contributed by atoms with Crippen molar-refractivity contribution in [2.24, 2.45) is 4.99 Å². The highest BCUT2D eigenvalue weighted by molar-refractivity contribution is 14.0. The maximum absolute atomic E-state index is 11.0. The fraction of sp³-hybridized carbons (Fsp3) is 0.562. The normalized spacial score (nSPS) is 16.8. The van der Waals surface area contributed by atoms with E-state index in [-0.39, 0.29) is 34.6 Å². The molecule has 1 fully saturated rings. The van der Waals surface area contributed by atoms with Gasteiger partial charge in [-0.05, 0) is 31.6 Å². The van der Waals surface area contributed by atoms with Crippen molar-refractivity contribution in [1.82, 2.24) is 10.6 Å². The summed E-state index contributed by atoms with van der Waals surface area (Å²) in [6.45, 7) is 4.88. The minimum Gasteiger partial charge on any atom is -0.378 e. The first-order valence-electron chi connectivity index (χ1n) is 8.31. The average Bonchev–Trinajstić information content (AvgIpc) is 3.10. The highest BCUT2D eigenvalue weighted by Crippen LogP contribution is 2.26. The van der Waals surface area contributed by atoms with Gasteiger partial charge < -0.3 is 16.0 Å². The molecule has 9 heteroatoms. The Morgan fingerprint density at radius 2 is 2.16 bits per heavy atom. The molecule has 25 heavy (non-hydrogen) atoms. The first-order valence-corrected chi connectivity index (χ1v) is 9.36. The van der Waals surface area contributed by atoms with Gasteiger partial charge in [0.1, 0.15) is 5.69 Å². The molecule has 140 valence electrons. The number of halogens is 1. The largest absolute Gasteiger partial charge is 0.378 e. The molecule has 1 unspecified atom stereocenters. The number of nitrogens with one attached hydrogen (secondary N) is 3. The minimum atomic E-state index is -0.374. The van der Waals surface area contributed by atoms with Crippen LogP contribution in [-0.2, 0) is 0 Å². The molecule has 1 aliphatic rings. The van der Waals surface area contributed by atoms with Crippen molar-refractivity contribution >= 4 is 53.1 Å². The highest BCUT2D eigenvalue weighted by atomic mass is 127. The molecule has 0 radical (unpaired) electrons. The number of anilines is 1. The van der Waals surface area contributed by atoms with Gasteiger partial charge in [0.05, 0.1) is 11.5 Å². The van der Waals surface area contributed by atoms with E-state index in [2.05, 4.69) is 20.9 Å². The molecule has 7 nitrogen and oxygen atoms in total. The molecule has 1 saturated heterocycles. The third kappa shape index (κ3) is 7.68. The highest BCUT2D eigenvalue weighted by Gasteiger charge is 2.15. The standard InChI is InChI=1S/C16H25N5O2S.HI/c1-2-17-16(20-12-13-6-5-11-24-13)19-10-9-18-14-7-3-4-8-15(14)21(22)23;/h3-4,7-8,13,18H,2,5-6,9-12H2,1H3,(H2,17,19,20);1H. The summed E-state index contributed by atoms with van der Waals surface area (Å²) >= 11 is 1.99. The summed E-state index contributed by atoms with van der Waals surface area (Å²) in [5, 5.41) is 21.2. The second kappa shape index (κ2) is 12.2. The van der Waals surface area contributed by atoms with Crippen molar-refractivity contribution in [2.45, 2.75) is 25.0 Å². The Labute approximate surface area is 170 Å². The number of aliphatic imine (C=N–C) groups is 1. The van der Waals surface area contributed by atoms with Crippen LogP contribution in [0.5, 0.6) is 0 Å². The van der Waals surface area contributed by atoms with E-state index in [1.807, 2.05) is 18.7 Å². The van der Waals surface area contributed by atoms with Gasteiger partial charge in [-0.15, -0.1) is 24.0 Å². The van der Waals surface area contributed by atoms with Crippen LogP contribution in [0.25, 0.3) is 0 Å². The van der Waals surface area contributed by atoms with Gasteiger partial charge >= 0.3 is 0 Å². The van der Waals surface area contributed by atoms with Gasteiger partial charge in [0.2, 0.25) is 0 Å². The van der Waals surface area contributed by atoms with Crippen LogP contribution in [0.15, 0.2) is 29.3 Å². The van der Waals surface area contributed by atoms with Crippen molar-refractivity contribution in [3.8, 4) is 0 Å². The summed E-state index contributed by atoms with van der Waals surface area (Å²) in [6.07, 6.45) is 2.53. The minimum absolute atomic E-state index is 0. The number of para-hydroxylation sites is 2. The van der Waals surface area contributed by atoms with Crippen LogP contribution in [-0.4, -0.2) is 48.1 Å². The van der Waals surface area contributed by atoms with E-state index in [1.165, 1.54) is 24.7 Å². The van der Waals surface area contributed by atoms with Crippen LogP contribution in [0.3, 0.4) is 0 Å². The van der Waals surface area contributed by atoms with Crippen LogP contribution in [0, 0.1) is 10.1 Å². The maximum Gasteiger partial charge on any atom is 0.292 e. The summed E-state index contributed by atoms with van der Waals surface area (Å²) < 4.78 is 0. The zero-order valence-corrected chi connectivity index (χ0v) is 17.5. The zero-order valence-electron chi connectivity index (χ0n) is 14.4. The Bertz CT molecular complexity index is 567. The third-order valence-electron chi connectivity index (χ3n) is 3.65. The van der Waals surface area contributed by atoms with Crippen LogP contribution in [0.4, 0.5) is 11.4 Å². The van der Waals surface area contributed by atoms with Crippen molar-refractivity contribution in [2.75, 3.05) is 37.2 Å². The molecule has 1 heterocycles. The number of nitro groups is 1. The summed E-state index contributed by atoms with van der Waals surface area (Å²) in [5.74, 6) is 2.04. The molecular weight excluding hydrogens is 453 g/mol. The second-order valence-corrected chi connectivity index (χ2v) is 6.89. The topological polar surface area (TPSA) is 91.6 Å². The van der Waals surface area contributed by atoms with Crippen molar-refractivity contribution < 1.29 is 4.92 Å². The van der Waals surface area contributed by atoms with Crippen LogP contribution in [0.2, 0.25) is 0 Å². The average molecular weight is 479 g/mol. The molecule has 1 aromatic carbocycles. The predicted octanol–water partition coefficient (Wildman–Crippen LogP) is 3.08. The number of guanidine groups is 1. The van der Waals surface area contributed by atoms with Gasteiger partial charge in [-0.25, -0.2) is 0 Å². The molecule has 0 saturated carbocycles. The van der Waals surface area contributed by atoms with Gasteiger partial charge in [0.15, 0.2) is 5.96 Å². The first kappa shape index (κ1) is 21.8. The van der Waals surface area contributed by atoms with E-state index in [0.29, 0.717) is 24.0 Å². The fourth-order valence-electron chi connectivity index (χ4n) is 2.48. The monoisotopic (exact) mass is 479 g/mol. The Hall–Kier alpha value is -1.23. The Morgan fingerprint density at radius 1 is 1.36 bits per heavy atom. The van der Waals surface area contributed by atoms with E-state index < -0.39 is 0 Å². The Balaban J connectivity index is 0.00000312. The van der Waals surface area contributed by atoms with Gasteiger partial charge in [-0.3, -0.25) is 15.1 Å². The lowest BCUT2D eigenvalue weighted by Gasteiger charge is -2.13. The molecule has 0 bridgehead atoms. The number of hydrogen-bond donors (Lipinski definition) is 3. The Morgan fingerprint density at radius 3 is 2.84 bits per heavy atom. The number of nitrogens with zero attached hydrogens (tertiary/aromatic N) is 2. The zero-order chi connectivity index (χ0) is 17.2. The number of thioether (sulfide) groups is 1. The molecule has 0 aromatic heterocycles. The van der Waals surface area contributed by atoms with Crippen molar-refractivity contribution in [3.05, 3.63) is 34.4 Å². The number of rotatable bonds is 8. The van der Waals surface area contributed by atoms with Gasteiger partial charge in [0, 0.05) is 31.0 Å². The molecular formula is C16H26IN5O2S. The quantitative estimate of drug-likeness (QED) is 0.133. The fourth-order valence-corrected chi connectivity index (χ4v) is 3.66. The number of hydrogen-bond acceptors (Lipinski definition) is 5.